The number of ether oxygens (including phenoxy) is 1. The number of amidine groups is 1. The Morgan fingerprint density at radius 1 is 0.917 bits per heavy atom. The molecule has 2 aliphatic heterocycles. The third kappa shape index (κ3) is 6.84. The summed E-state index contributed by atoms with van der Waals surface area (Å²) < 4.78 is 29.7. The normalized spacial score (nSPS) is 23.3. The van der Waals surface area contributed by atoms with Crippen molar-refractivity contribution < 1.29 is 17.9 Å². The van der Waals surface area contributed by atoms with E-state index in [4.69, 9.17) is 32.9 Å². The Morgan fingerprint density at radius 3 is 2.08 bits per heavy atom. The second-order valence-corrected chi connectivity index (χ2v) is 16.6. The Labute approximate surface area is 294 Å². The number of sulfone groups is 1. The zero-order valence-electron chi connectivity index (χ0n) is 28.1. The lowest BCUT2D eigenvalue weighted by Gasteiger charge is -2.47. The molecular weight excluding hydrogens is 667 g/mol. The summed E-state index contributed by atoms with van der Waals surface area (Å²) in [4.78, 5) is 26.6. The summed E-state index contributed by atoms with van der Waals surface area (Å²) in [7, 11) is -3.02. The van der Waals surface area contributed by atoms with Crippen LogP contribution in [0.4, 0.5) is 4.79 Å². The van der Waals surface area contributed by atoms with Crippen LogP contribution in [0.15, 0.2) is 71.7 Å². The van der Waals surface area contributed by atoms with E-state index in [1.54, 1.807) is 0 Å². The van der Waals surface area contributed by atoms with E-state index in [0.29, 0.717) is 73.3 Å². The average Bonchev–Trinajstić information content (AvgIpc) is 3.87. The van der Waals surface area contributed by atoms with Crippen molar-refractivity contribution in [3.05, 3.63) is 99.0 Å². The van der Waals surface area contributed by atoms with E-state index in [0.717, 1.165) is 16.7 Å². The van der Waals surface area contributed by atoms with Crippen molar-refractivity contribution in [2.45, 2.75) is 57.0 Å². The van der Waals surface area contributed by atoms with E-state index >= 15 is 4.79 Å². The lowest BCUT2D eigenvalue weighted by molar-refractivity contribution is 0.0868. The molecule has 1 saturated heterocycles. The molecule has 0 radical (unpaired) electrons. The number of halogens is 2. The maximum atomic E-state index is 15.1. The monoisotopic (exact) mass is 710 g/mol. The van der Waals surface area contributed by atoms with Gasteiger partial charge in [-0.25, -0.2) is 13.2 Å². The predicted molar refractivity (Wildman–Crippen MR) is 193 cm³/mol. The molecule has 2 atom stereocenters. The summed E-state index contributed by atoms with van der Waals surface area (Å²) in [6, 6.07) is 21.6. The minimum atomic E-state index is -3.02. The first-order chi connectivity index (χ1) is 22.8. The number of carbonyl (C=O) groups is 1. The van der Waals surface area contributed by atoms with E-state index in [2.05, 4.69) is 36.9 Å². The first-order valence-corrected chi connectivity index (χ1v) is 19.5. The van der Waals surface area contributed by atoms with E-state index in [1.165, 1.54) is 24.7 Å². The summed E-state index contributed by atoms with van der Waals surface area (Å²) >= 11 is 12.8. The van der Waals surface area contributed by atoms with Gasteiger partial charge >= 0.3 is 6.03 Å². The Morgan fingerprint density at radius 2 is 1.52 bits per heavy atom. The molecule has 8 nitrogen and oxygen atoms in total. The van der Waals surface area contributed by atoms with Gasteiger partial charge in [0.25, 0.3) is 0 Å². The zero-order chi connectivity index (χ0) is 34.3. The predicted octanol–water partition coefficient (Wildman–Crippen LogP) is 7.33. The third-order valence-corrected chi connectivity index (χ3v) is 11.7. The number of amides is 2. The molecule has 3 aromatic rings. The van der Waals surface area contributed by atoms with Crippen molar-refractivity contribution in [2.24, 2.45) is 4.99 Å². The fourth-order valence-electron chi connectivity index (χ4n) is 7.09. The number of piperazine rings is 1. The van der Waals surface area contributed by atoms with Crippen LogP contribution in [0.3, 0.4) is 0 Å². The van der Waals surface area contributed by atoms with Crippen molar-refractivity contribution in [3.63, 3.8) is 0 Å². The van der Waals surface area contributed by atoms with Gasteiger partial charge in [0.2, 0.25) is 0 Å². The highest BCUT2D eigenvalue weighted by Gasteiger charge is 2.60. The van der Waals surface area contributed by atoms with Crippen LogP contribution >= 0.6 is 23.2 Å². The maximum absolute atomic E-state index is 15.1. The molecule has 0 aromatic heterocycles. The van der Waals surface area contributed by atoms with Crippen molar-refractivity contribution in [3.8, 4) is 5.75 Å². The first-order valence-electron chi connectivity index (χ1n) is 16.7. The van der Waals surface area contributed by atoms with Crippen molar-refractivity contribution >= 4 is 44.9 Å². The first kappa shape index (κ1) is 34.7. The highest BCUT2D eigenvalue weighted by Crippen LogP contribution is 2.54. The van der Waals surface area contributed by atoms with Crippen LogP contribution in [-0.4, -0.2) is 86.3 Å². The second kappa shape index (κ2) is 13.7. The molecule has 3 aliphatic rings. The molecule has 2 fully saturated rings. The lowest BCUT2D eigenvalue weighted by Crippen LogP contribution is -2.60. The molecule has 256 valence electrons. The van der Waals surface area contributed by atoms with E-state index in [9.17, 15) is 8.42 Å². The number of hydrogen-bond donors (Lipinski definition) is 0. The zero-order valence-corrected chi connectivity index (χ0v) is 30.4. The molecule has 6 rings (SSSR count). The molecule has 0 bridgehead atoms. The van der Waals surface area contributed by atoms with Crippen LogP contribution in [0.1, 0.15) is 68.2 Å². The van der Waals surface area contributed by atoms with Crippen LogP contribution in [0.25, 0.3) is 0 Å². The van der Waals surface area contributed by atoms with Gasteiger partial charge in [0.05, 0.1) is 17.9 Å². The summed E-state index contributed by atoms with van der Waals surface area (Å²) in [5.74, 6) is 1.96. The van der Waals surface area contributed by atoms with E-state index < -0.39 is 20.9 Å². The maximum Gasteiger partial charge on any atom is 0.326 e. The topological polar surface area (TPSA) is 82.5 Å². The fourth-order valence-corrected chi connectivity index (χ4v) is 8.00. The summed E-state index contributed by atoms with van der Waals surface area (Å²) in [6.45, 7) is 9.61. The van der Waals surface area contributed by atoms with Crippen molar-refractivity contribution in [1.82, 2.24) is 14.7 Å². The van der Waals surface area contributed by atoms with Gasteiger partial charge in [-0.3, -0.25) is 14.8 Å². The number of rotatable bonds is 10. The third-order valence-electron chi connectivity index (χ3n) is 10.2. The van der Waals surface area contributed by atoms with Crippen molar-refractivity contribution in [1.29, 1.82) is 0 Å². The Hall–Kier alpha value is -3.11. The smallest absolute Gasteiger partial charge is 0.326 e. The summed E-state index contributed by atoms with van der Waals surface area (Å²) in [5, 5.41) is 1.23. The Kier molecular flexibility index (Phi) is 9.88. The van der Waals surface area contributed by atoms with Crippen LogP contribution in [0.2, 0.25) is 10.0 Å². The highest BCUT2D eigenvalue weighted by molar-refractivity contribution is 7.90. The molecule has 0 unspecified atom stereocenters. The van der Waals surface area contributed by atoms with Gasteiger partial charge in [-0.1, -0.05) is 53.5 Å². The van der Waals surface area contributed by atoms with Gasteiger partial charge < -0.3 is 9.64 Å². The molecule has 48 heavy (non-hydrogen) atoms. The van der Waals surface area contributed by atoms with E-state index in [1.807, 2.05) is 65.3 Å². The highest BCUT2D eigenvalue weighted by atomic mass is 35.5. The minimum absolute atomic E-state index is 0.145. The molecule has 1 saturated carbocycles. The molecule has 2 heterocycles. The van der Waals surface area contributed by atoms with Gasteiger partial charge in [-0.2, -0.15) is 0 Å². The molecular formula is C37H44Cl2N4O4S. The largest absolute Gasteiger partial charge is 0.493 e. The average molecular weight is 712 g/mol. The van der Waals surface area contributed by atoms with Gasteiger partial charge in [-0.05, 0) is 106 Å². The summed E-state index contributed by atoms with van der Waals surface area (Å²) in [6.07, 6.45) is 4.17. The molecule has 11 heteroatoms. The Bertz CT molecular complexity index is 1790. The number of aliphatic imine (C=N–C) groups is 1. The number of urea groups is 1. The number of nitrogens with zero attached hydrogens (tertiary/aromatic N) is 4. The number of hydrogen-bond acceptors (Lipinski definition) is 6. The lowest BCUT2D eigenvalue weighted by atomic mass is 9.71. The number of benzene rings is 3. The van der Waals surface area contributed by atoms with Gasteiger partial charge in [0, 0.05) is 42.5 Å². The Balaban J connectivity index is 1.45. The summed E-state index contributed by atoms with van der Waals surface area (Å²) in [5.41, 5.74) is 1.91. The van der Waals surface area contributed by atoms with Crippen LogP contribution in [-0.2, 0) is 20.9 Å². The van der Waals surface area contributed by atoms with E-state index in [-0.39, 0.29) is 11.8 Å². The van der Waals surface area contributed by atoms with Gasteiger partial charge in [0.15, 0.2) is 0 Å². The van der Waals surface area contributed by atoms with Gasteiger partial charge in [-0.15, -0.1) is 0 Å². The van der Waals surface area contributed by atoms with Crippen LogP contribution in [0.5, 0.6) is 5.75 Å². The molecule has 1 aliphatic carbocycles. The molecule has 3 aromatic carbocycles. The van der Waals surface area contributed by atoms with Crippen molar-refractivity contribution in [2.75, 3.05) is 51.3 Å². The SMILES string of the molecule is CCOc1cc(C2CC2)ccc1C1=N[C@@](C)(c2ccc(Cl)cc2)[C@@](C)(c2ccc(Cl)cc2)N1C(=O)N1CCN(CCCS(C)(=O)=O)CC1. The van der Waals surface area contributed by atoms with Crippen LogP contribution in [0, 0.1) is 0 Å². The molecule has 0 N–H and O–H groups in total. The fraction of sp³-hybridized carbons (Fsp3) is 0.459. The minimum Gasteiger partial charge on any atom is -0.493 e. The molecule has 0 spiro atoms. The molecule has 2 amide bonds. The quantitative estimate of drug-likeness (QED) is 0.220. The standard InChI is InChI=1S/C37H44Cl2N4O4S/c1-5-47-33-25-27(26-7-8-26)9-18-32(33)34-40-36(2,28-10-14-30(38)15-11-28)37(3,29-12-16-31(39)17-13-29)43(34)35(44)42-22-20-41(21-23-42)19-6-24-48(4,45)46/h9-18,25-26H,5-8,19-24H2,1-4H3/t36-,37+/m0/s1. The van der Waals surface area contributed by atoms with Crippen LogP contribution < -0.4 is 4.74 Å². The number of carbonyl (C=O) groups excluding carboxylic acids is 1. The van der Waals surface area contributed by atoms with Gasteiger partial charge in [0.1, 0.15) is 32.5 Å². The second-order valence-electron chi connectivity index (χ2n) is 13.5.